The first-order chi connectivity index (χ1) is 16.1. The molecule has 172 valence electrons. The van der Waals surface area contributed by atoms with Crippen molar-refractivity contribution in [2.45, 2.75) is 31.6 Å². The first-order valence-electron chi connectivity index (χ1n) is 10.2. The smallest absolute Gasteiger partial charge is 0.443 e. The highest BCUT2D eigenvalue weighted by Gasteiger charge is 2.80. The Hall–Kier alpha value is -4.07. The molecule has 2 aromatic rings. The molecule has 4 unspecified atom stereocenters. The van der Waals surface area contributed by atoms with E-state index >= 15 is 0 Å². The Morgan fingerprint density at radius 1 is 1.00 bits per heavy atom. The second-order valence-corrected chi connectivity index (χ2v) is 7.99. The van der Waals surface area contributed by atoms with Gasteiger partial charge in [0.15, 0.2) is 5.41 Å². The first kappa shape index (κ1) is 23.1. The molecule has 0 spiro atoms. The minimum absolute atomic E-state index is 0.158. The first-order valence-corrected chi connectivity index (χ1v) is 10.2. The summed E-state index contributed by atoms with van der Waals surface area (Å²) in [7, 11) is 0. The Bertz CT molecular complexity index is 1230. The number of nitrogens with zero attached hydrogens (tertiary/aromatic N) is 3. The molecule has 4 rings (SSSR count). The number of halogens is 3. The van der Waals surface area contributed by atoms with Gasteiger partial charge in [0.1, 0.15) is 11.9 Å². The molecule has 10 heteroatoms. The van der Waals surface area contributed by atoms with Gasteiger partial charge in [0.25, 0.3) is 0 Å². The lowest BCUT2D eigenvalue weighted by Crippen LogP contribution is -2.58. The number of hydrogen-bond acceptors (Lipinski definition) is 7. The zero-order chi connectivity index (χ0) is 24.8. The molecular weight excluding hydrogens is 449 g/mol. The summed E-state index contributed by atoms with van der Waals surface area (Å²) >= 11 is 0. The molecule has 4 atom stereocenters. The van der Waals surface area contributed by atoms with E-state index in [1.807, 2.05) is 18.2 Å². The second-order valence-electron chi connectivity index (χ2n) is 7.99. The minimum Gasteiger partial charge on any atom is -0.443 e. The number of ether oxygens (including phenoxy) is 3. The van der Waals surface area contributed by atoms with Crippen LogP contribution in [-0.4, -0.2) is 12.3 Å². The number of rotatable bonds is 4. The summed E-state index contributed by atoms with van der Waals surface area (Å²) in [6.45, 7) is 1.74. The van der Waals surface area contributed by atoms with Gasteiger partial charge in [-0.3, -0.25) is 5.41 Å². The van der Waals surface area contributed by atoms with Crippen molar-refractivity contribution in [3.8, 4) is 24.0 Å². The van der Waals surface area contributed by atoms with Gasteiger partial charge >= 0.3 is 6.36 Å². The van der Waals surface area contributed by atoms with Gasteiger partial charge in [-0.2, -0.15) is 15.8 Å². The zero-order valence-corrected chi connectivity index (χ0v) is 17.8. The average molecular weight is 466 g/mol. The number of nitriles is 3. The lowest BCUT2D eigenvalue weighted by molar-refractivity contribution is -0.292. The summed E-state index contributed by atoms with van der Waals surface area (Å²) in [4.78, 5) is 0. The summed E-state index contributed by atoms with van der Waals surface area (Å²) < 4.78 is 53.9. The Labute approximate surface area is 193 Å². The maximum absolute atomic E-state index is 12.6. The topological polar surface area (TPSA) is 123 Å². The molecule has 2 aliphatic heterocycles. The van der Waals surface area contributed by atoms with Crippen LogP contribution in [0.3, 0.4) is 0 Å². The summed E-state index contributed by atoms with van der Waals surface area (Å²) in [6, 6.07) is 18.9. The van der Waals surface area contributed by atoms with Crippen LogP contribution < -0.4 is 4.74 Å². The van der Waals surface area contributed by atoms with Crippen molar-refractivity contribution in [3.63, 3.8) is 0 Å². The number of alkyl halides is 3. The van der Waals surface area contributed by atoms with Crippen LogP contribution in [0.25, 0.3) is 0 Å². The molecule has 34 heavy (non-hydrogen) atoms. The number of hydrogen-bond donors (Lipinski definition) is 1. The molecule has 2 aromatic carbocycles. The quantitative estimate of drug-likeness (QED) is 0.670. The fourth-order valence-electron chi connectivity index (χ4n) is 5.05. The third kappa shape index (κ3) is 2.95. The maximum Gasteiger partial charge on any atom is 0.573 e. The minimum atomic E-state index is -4.90. The lowest BCUT2D eigenvalue weighted by Gasteiger charge is -2.49. The van der Waals surface area contributed by atoms with Gasteiger partial charge in [-0.15, -0.1) is 13.2 Å². The largest absolute Gasteiger partial charge is 0.573 e. The van der Waals surface area contributed by atoms with E-state index in [4.69, 9.17) is 14.9 Å². The number of nitrogens with one attached hydrogen (secondary N) is 1. The van der Waals surface area contributed by atoms with Gasteiger partial charge < -0.3 is 14.2 Å². The average Bonchev–Trinajstić information content (AvgIpc) is 3.03. The molecule has 7 nitrogen and oxygen atoms in total. The molecule has 0 amide bonds. The molecule has 2 fully saturated rings. The highest BCUT2D eigenvalue weighted by molar-refractivity contribution is 5.89. The van der Waals surface area contributed by atoms with Crippen molar-refractivity contribution in [2.75, 3.05) is 0 Å². The predicted octanol–water partition coefficient (Wildman–Crippen LogP) is 5.09. The number of benzene rings is 2. The normalized spacial score (nSPS) is 29.3. The fraction of sp³-hybridized carbons (Fsp3) is 0.333. The maximum atomic E-state index is 12.6. The highest BCUT2D eigenvalue weighted by atomic mass is 19.4. The fourth-order valence-corrected chi connectivity index (χ4v) is 5.05. The van der Waals surface area contributed by atoms with Crippen molar-refractivity contribution < 1.29 is 27.4 Å². The van der Waals surface area contributed by atoms with Crippen LogP contribution in [-0.2, 0) is 15.3 Å². The molecule has 0 radical (unpaired) electrons. The predicted molar refractivity (Wildman–Crippen MR) is 109 cm³/mol. The van der Waals surface area contributed by atoms with Crippen LogP contribution in [0.2, 0.25) is 0 Å². The van der Waals surface area contributed by atoms with E-state index in [-0.39, 0.29) is 12.0 Å². The van der Waals surface area contributed by atoms with Crippen molar-refractivity contribution >= 4 is 5.90 Å². The van der Waals surface area contributed by atoms with Gasteiger partial charge in [-0.25, -0.2) is 0 Å². The Morgan fingerprint density at radius 3 is 2.12 bits per heavy atom. The van der Waals surface area contributed by atoms with Crippen molar-refractivity contribution in [3.05, 3.63) is 65.7 Å². The summed E-state index contributed by atoms with van der Waals surface area (Å²) in [5, 5.41) is 39.5. The van der Waals surface area contributed by atoms with Gasteiger partial charge in [0.2, 0.25) is 17.1 Å². The molecule has 2 heterocycles. The van der Waals surface area contributed by atoms with E-state index in [1.54, 1.807) is 37.3 Å². The lowest BCUT2D eigenvalue weighted by atomic mass is 9.52. The zero-order valence-electron chi connectivity index (χ0n) is 17.8. The summed E-state index contributed by atoms with van der Waals surface area (Å²) in [6.07, 6.45) is -6.08. The van der Waals surface area contributed by atoms with Crippen LogP contribution in [0.4, 0.5) is 13.2 Å². The van der Waals surface area contributed by atoms with Crippen molar-refractivity contribution in [1.82, 2.24) is 0 Å². The van der Waals surface area contributed by atoms with E-state index in [9.17, 15) is 29.0 Å². The second kappa shape index (κ2) is 7.76. The van der Waals surface area contributed by atoms with Crippen LogP contribution >= 0.6 is 0 Å². The van der Waals surface area contributed by atoms with Crippen LogP contribution in [0, 0.1) is 56.2 Å². The van der Waals surface area contributed by atoms with E-state index in [1.165, 1.54) is 12.1 Å². The SMILES string of the molecule is CCC1C2(c3ccccc3)OC(=N)C1(C#N)C(C#N)(C#N)C(c1ccc(OC(F)(F)F)cc1)O2. The van der Waals surface area contributed by atoms with E-state index in [0.29, 0.717) is 5.56 Å². The van der Waals surface area contributed by atoms with Crippen LogP contribution in [0.1, 0.15) is 30.6 Å². The van der Waals surface area contributed by atoms with Crippen molar-refractivity contribution in [2.24, 2.45) is 16.7 Å². The van der Waals surface area contributed by atoms with Crippen LogP contribution in [0.5, 0.6) is 5.75 Å². The Kier molecular flexibility index (Phi) is 5.27. The van der Waals surface area contributed by atoms with Gasteiger partial charge in [0.05, 0.1) is 24.1 Å². The van der Waals surface area contributed by atoms with Gasteiger partial charge in [-0.05, 0) is 24.1 Å². The molecule has 0 aliphatic carbocycles. The van der Waals surface area contributed by atoms with Gasteiger partial charge in [-0.1, -0.05) is 49.4 Å². The van der Waals surface area contributed by atoms with E-state index < -0.39 is 46.6 Å². The van der Waals surface area contributed by atoms with Crippen LogP contribution in [0.15, 0.2) is 54.6 Å². The monoisotopic (exact) mass is 466 g/mol. The Morgan fingerprint density at radius 2 is 1.62 bits per heavy atom. The molecule has 0 saturated carbocycles. The van der Waals surface area contributed by atoms with Crippen molar-refractivity contribution in [1.29, 1.82) is 21.2 Å². The molecule has 2 bridgehead atoms. The third-order valence-corrected chi connectivity index (χ3v) is 6.43. The third-order valence-electron chi connectivity index (χ3n) is 6.43. The highest BCUT2D eigenvalue weighted by Crippen LogP contribution is 2.69. The Balaban J connectivity index is 1.95. The molecule has 2 saturated heterocycles. The van der Waals surface area contributed by atoms with E-state index in [2.05, 4.69) is 4.74 Å². The molecular formula is C24H17F3N4O3. The van der Waals surface area contributed by atoms with E-state index in [0.717, 1.165) is 12.1 Å². The molecule has 1 N–H and O–H groups in total. The summed E-state index contributed by atoms with van der Waals surface area (Å²) in [5.41, 5.74) is -3.58. The standard InChI is InChI=1S/C24H17F3N4O3/c1-2-18-22(14-30)20(31)34-23(18,16-6-4-3-5-7-16)33-19(21(22,12-28)13-29)15-8-10-17(11-9-15)32-24(25,26)27/h3-11,18-19,31H,2H2,1H3. The summed E-state index contributed by atoms with van der Waals surface area (Å²) in [5.74, 6) is -3.61. The molecule has 0 aromatic heterocycles. The van der Waals surface area contributed by atoms with Gasteiger partial charge in [0, 0.05) is 5.56 Å². The number of fused-ring (bicyclic) bond motifs is 2. The molecule has 2 aliphatic rings.